The first-order chi connectivity index (χ1) is 10.2. The van der Waals surface area contributed by atoms with E-state index in [9.17, 15) is 19.2 Å². The van der Waals surface area contributed by atoms with E-state index in [1.807, 2.05) is 30.3 Å². The number of hydrogen-bond acceptors (Lipinski definition) is 5. The van der Waals surface area contributed by atoms with Gasteiger partial charge in [-0.25, -0.2) is 0 Å². The number of ketones is 2. The molecule has 0 aliphatic carbocycles. The Balaban J connectivity index is 2.25. The molecule has 0 unspecified atom stereocenters. The SMILES string of the molecule is O=CC(=O)c1cc(-c2ccccc2)c2c(c1C(=O)C=O)O2. The van der Waals surface area contributed by atoms with Crippen LogP contribution in [0.1, 0.15) is 20.7 Å². The molecule has 5 heteroatoms. The van der Waals surface area contributed by atoms with Gasteiger partial charge in [0.1, 0.15) is 0 Å². The van der Waals surface area contributed by atoms with Crippen molar-refractivity contribution in [3.63, 3.8) is 0 Å². The fourth-order valence-electron chi connectivity index (χ4n) is 2.22. The first kappa shape index (κ1) is 12.9. The first-order valence-corrected chi connectivity index (χ1v) is 6.10. The lowest BCUT2D eigenvalue weighted by molar-refractivity contribution is -0.105. The number of fused-ring (bicyclic) bond motifs is 1. The van der Waals surface area contributed by atoms with E-state index in [4.69, 9.17) is 4.74 Å². The largest absolute Gasteiger partial charge is 0.448 e. The maximum atomic E-state index is 11.7. The van der Waals surface area contributed by atoms with Gasteiger partial charge in [0, 0.05) is 11.1 Å². The number of rotatable bonds is 5. The van der Waals surface area contributed by atoms with Crippen LogP contribution in [0.5, 0.6) is 11.5 Å². The minimum absolute atomic E-state index is 0.0983. The normalized spacial score (nSPS) is 11.0. The highest BCUT2D eigenvalue weighted by Gasteiger charge is 2.36. The quantitative estimate of drug-likeness (QED) is 0.310. The first-order valence-electron chi connectivity index (χ1n) is 6.10. The Morgan fingerprint density at radius 2 is 1.57 bits per heavy atom. The number of hydrogen-bond donors (Lipinski definition) is 0. The van der Waals surface area contributed by atoms with E-state index < -0.39 is 11.6 Å². The number of Topliss-reactive ketones (excluding diaryl/α,β-unsaturated/α-hetero) is 2. The number of aldehydes is 2. The number of carbonyl (C=O) groups is 4. The summed E-state index contributed by atoms with van der Waals surface area (Å²) in [7, 11) is 0. The molecule has 0 aromatic heterocycles. The molecule has 0 saturated carbocycles. The van der Waals surface area contributed by atoms with Crippen LogP contribution in [0, 0.1) is 0 Å². The molecule has 2 aromatic rings. The molecule has 0 radical (unpaired) electrons. The molecule has 5 nitrogen and oxygen atoms in total. The Morgan fingerprint density at radius 3 is 2.19 bits per heavy atom. The van der Waals surface area contributed by atoms with Crippen LogP contribution < -0.4 is 4.74 Å². The zero-order chi connectivity index (χ0) is 15.0. The maximum Gasteiger partial charge on any atom is 0.230 e. The second kappa shape index (κ2) is 4.79. The zero-order valence-electron chi connectivity index (χ0n) is 10.7. The summed E-state index contributed by atoms with van der Waals surface area (Å²) < 4.78 is 5.26. The third-order valence-corrected chi connectivity index (χ3v) is 3.21. The topological polar surface area (TPSA) is 80.8 Å². The predicted octanol–water partition coefficient (Wildman–Crippen LogP) is 2.22. The lowest BCUT2D eigenvalue weighted by Crippen LogP contribution is -2.09. The summed E-state index contributed by atoms with van der Waals surface area (Å²) in [5.74, 6) is -1.10. The van der Waals surface area contributed by atoms with Gasteiger partial charge in [0.2, 0.25) is 11.6 Å². The number of benzene rings is 2. The third kappa shape index (κ3) is 2.04. The summed E-state index contributed by atoms with van der Waals surface area (Å²) in [6.45, 7) is 0. The fourth-order valence-corrected chi connectivity index (χ4v) is 2.22. The van der Waals surface area contributed by atoms with E-state index >= 15 is 0 Å². The van der Waals surface area contributed by atoms with Crippen molar-refractivity contribution in [3.8, 4) is 22.6 Å². The summed E-state index contributed by atoms with van der Waals surface area (Å²) in [6.07, 6.45) is 0.210. The van der Waals surface area contributed by atoms with E-state index in [2.05, 4.69) is 0 Å². The van der Waals surface area contributed by atoms with Gasteiger partial charge < -0.3 is 4.74 Å². The van der Waals surface area contributed by atoms with E-state index in [1.54, 1.807) is 0 Å². The van der Waals surface area contributed by atoms with Crippen LogP contribution in [-0.2, 0) is 9.59 Å². The standard InChI is InChI=1S/C16H8O5/c17-7-12(19)11-6-10(9-4-2-1-3-5-9)15-16(21-15)14(11)13(20)8-18/h1-8H. The van der Waals surface area contributed by atoms with E-state index in [0.717, 1.165) is 5.56 Å². The van der Waals surface area contributed by atoms with E-state index in [-0.39, 0.29) is 29.4 Å². The molecule has 0 spiro atoms. The van der Waals surface area contributed by atoms with Crippen LogP contribution in [-0.4, -0.2) is 24.1 Å². The van der Waals surface area contributed by atoms with Crippen molar-refractivity contribution in [1.29, 1.82) is 0 Å². The Hall–Kier alpha value is -3.08. The molecule has 0 atom stereocenters. The van der Waals surface area contributed by atoms with Gasteiger partial charge in [0.25, 0.3) is 0 Å². The smallest absolute Gasteiger partial charge is 0.230 e. The van der Waals surface area contributed by atoms with E-state index in [0.29, 0.717) is 11.3 Å². The van der Waals surface area contributed by atoms with Crippen LogP contribution in [0.3, 0.4) is 0 Å². The average Bonchev–Trinajstić information content (AvgIpc) is 3.32. The van der Waals surface area contributed by atoms with Crippen LogP contribution >= 0.6 is 0 Å². The van der Waals surface area contributed by atoms with Gasteiger partial charge in [0.15, 0.2) is 24.1 Å². The van der Waals surface area contributed by atoms with Crippen molar-refractivity contribution in [2.45, 2.75) is 0 Å². The summed E-state index contributed by atoms with van der Waals surface area (Å²) >= 11 is 0. The van der Waals surface area contributed by atoms with Gasteiger partial charge in [0.05, 0.1) is 5.56 Å². The highest BCUT2D eigenvalue weighted by atomic mass is 16.6. The minimum atomic E-state index is -0.881. The number of ether oxygens (including phenoxy) is 1. The molecule has 1 aliphatic rings. The third-order valence-electron chi connectivity index (χ3n) is 3.21. The monoisotopic (exact) mass is 280 g/mol. The summed E-state index contributed by atoms with van der Waals surface area (Å²) in [6, 6.07) is 10.5. The summed E-state index contributed by atoms with van der Waals surface area (Å²) in [4.78, 5) is 44.8. The van der Waals surface area contributed by atoms with Crippen molar-refractivity contribution in [3.05, 3.63) is 47.5 Å². The molecule has 1 heterocycles. The maximum absolute atomic E-state index is 11.7. The van der Waals surface area contributed by atoms with Gasteiger partial charge in [-0.3, -0.25) is 19.2 Å². The number of carbonyl (C=O) groups excluding carboxylic acids is 4. The van der Waals surface area contributed by atoms with E-state index in [1.165, 1.54) is 6.07 Å². The molecule has 0 N–H and O–H groups in total. The van der Waals surface area contributed by atoms with Gasteiger partial charge >= 0.3 is 0 Å². The van der Waals surface area contributed by atoms with Crippen LogP contribution in [0.4, 0.5) is 0 Å². The molecule has 21 heavy (non-hydrogen) atoms. The highest BCUT2D eigenvalue weighted by Crippen LogP contribution is 2.55. The van der Waals surface area contributed by atoms with Crippen LogP contribution in [0.2, 0.25) is 0 Å². The molecule has 0 bridgehead atoms. The Kier molecular flexibility index (Phi) is 2.95. The molecule has 0 fully saturated rings. The van der Waals surface area contributed by atoms with Crippen molar-refractivity contribution < 1.29 is 23.9 Å². The Bertz CT molecular complexity index is 790. The summed E-state index contributed by atoms with van der Waals surface area (Å²) in [5.41, 5.74) is 1.14. The van der Waals surface area contributed by atoms with Crippen molar-refractivity contribution in [1.82, 2.24) is 0 Å². The van der Waals surface area contributed by atoms with Gasteiger partial charge in [-0.15, -0.1) is 0 Å². The molecule has 0 amide bonds. The van der Waals surface area contributed by atoms with Gasteiger partial charge in [-0.05, 0) is 11.6 Å². The minimum Gasteiger partial charge on any atom is -0.448 e. The molecular weight excluding hydrogens is 272 g/mol. The molecule has 0 saturated heterocycles. The van der Waals surface area contributed by atoms with Crippen molar-refractivity contribution in [2.75, 3.05) is 0 Å². The zero-order valence-corrected chi connectivity index (χ0v) is 10.7. The van der Waals surface area contributed by atoms with Crippen LogP contribution in [0.25, 0.3) is 11.1 Å². The van der Waals surface area contributed by atoms with Crippen LogP contribution in [0.15, 0.2) is 36.4 Å². The molecule has 102 valence electrons. The van der Waals surface area contributed by atoms with Crippen molar-refractivity contribution >= 4 is 24.1 Å². The Labute approximate surface area is 119 Å². The van der Waals surface area contributed by atoms with Crippen molar-refractivity contribution in [2.24, 2.45) is 0 Å². The molecule has 3 rings (SSSR count). The second-order valence-electron chi connectivity index (χ2n) is 4.44. The average molecular weight is 280 g/mol. The molecule has 2 aromatic carbocycles. The predicted molar refractivity (Wildman–Crippen MR) is 72.7 cm³/mol. The van der Waals surface area contributed by atoms with Gasteiger partial charge in [-0.1, -0.05) is 30.3 Å². The molecular formula is C16H8O5. The lowest BCUT2D eigenvalue weighted by atomic mass is 9.95. The highest BCUT2D eigenvalue weighted by molar-refractivity contribution is 6.42. The fraction of sp³-hybridized carbons (Fsp3) is 0. The van der Waals surface area contributed by atoms with Gasteiger partial charge in [-0.2, -0.15) is 0 Å². The Morgan fingerprint density at radius 1 is 0.905 bits per heavy atom. The lowest BCUT2D eigenvalue weighted by Gasteiger charge is -2.03. The summed E-state index contributed by atoms with van der Waals surface area (Å²) in [5, 5.41) is 0. The second-order valence-corrected chi connectivity index (χ2v) is 4.44. The molecule has 1 aliphatic heterocycles.